The normalized spacial score (nSPS) is 10.5. The van der Waals surface area contributed by atoms with Crippen molar-refractivity contribution in [3.8, 4) is 11.4 Å². The van der Waals surface area contributed by atoms with E-state index in [-0.39, 0.29) is 5.82 Å². The second-order valence-corrected chi connectivity index (χ2v) is 3.26. The molecule has 0 fully saturated rings. The van der Waals surface area contributed by atoms with Gasteiger partial charge in [-0.05, 0) is 30.7 Å². The van der Waals surface area contributed by atoms with E-state index in [9.17, 15) is 4.39 Å². The van der Waals surface area contributed by atoms with Crippen LogP contribution in [0.15, 0.2) is 24.5 Å². The molecular weight excluding hydrogens is 181 g/mol. The van der Waals surface area contributed by atoms with Crippen molar-refractivity contribution in [3.05, 3.63) is 35.9 Å². The molecule has 0 atom stereocenters. The molecule has 0 aliphatic heterocycles. The summed E-state index contributed by atoms with van der Waals surface area (Å²) in [4.78, 5) is 4.05. The van der Waals surface area contributed by atoms with Crippen LogP contribution in [0.4, 0.5) is 4.39 Å². The Kier molecular flexibility index (Phi) is 2.04. The van der Waals surface area contributed by atoms with Crippen molar-refractivity contribution in [1.82, 2.24) is 14.8 Å². The molecule has 0 aliphatic carbocycles. The van der Waals surface area contributed by atoms with Gasteiger partial charge < -0.3 is 0 Å². The molecule has 14 heavy (non-hydrogen) atoms. The number of aromatic nitrogens is 3. The van der Waals surface area contributed by atoms with Gasteiger partial charge in [-0.25, -0.2) is 9.37 Å². The standard InChI is InChI=1S/C10H10FN3/c1-7-3-8(5-9(11)4-7)10-12-6-14(2)13-10/h3-6H,1-2H3. The fourth-order valence-corrected chi connectivity index (χ4v) is 1.34. The Bertz CT molecular complexity index is 442. The molecule has 3 nitrogen and oxygen atoms in total. The molecule has 4 heteroatoms. The number of rotatable bonds is 1. The highest BCUT2D eigenvalue weighted by molar-refractivity contribution is 5.55. The van der Waals surface area contributed by atoms with Gasteiger partial charge in [-0.1, -0.05) is 0 Å². The number of benzene rings is 1. The van der Waals surface area contributed by atoms with E-state index in [4.69, 9.17) is 0 Å². The SMILES string of the molecule is Cc1cc(F)cc(-c2ncn(C)n2)c1. The van der Waals surface area contributed by atoms with Crippen LogP contribution in [0.1, 0.15) is 5.56 Å². The number of aryl methyl sites for hydroxylation is 2. The van der Waals surface area contributed by atoms with Crippen molar-refractivity contribution >= 4 is 0 Å². The first kappa shape index (κ1) is 8.87. The van der Waals surface area contributed by atoms with Gasteiger partial charge in [0, 0.05) is 12.6 Å². The summed E-state index contributed by atoms with van der Waals surface area (Å²) in [7, 11) is 1.78. The molecule has 0 radical (unpaired) electrons. The van der Waals surface area contributed by atoms with Crippen molar-refractivity contribution in [3.63, 3.8) is 0 Å². The van der Waals surface area contributed by atoms with E-state index >= 15 is 0 Å². The smallest absolute Gasteiger partial charge is 0.181 e. The van der Waals surface area contributed by atoms with Crippen LogP contribution in [0.2, 0.25) is 0 Å². The lowest BCUT2D eigenvalue weighted by molar-refractivity contribution is 0.627. The highest BCUT2D eigenvalue weighted by atomic mass is 19.1. The Labute approximate surface area is 81.2 Å². The zero-order valence-electron chi connectivity index (χ0n) is 8.03. The molecule has 1 heterocycles. The van der Waals surface area contributed by atoms with Gasteiger partial charge in [0.1, 0.15) is 12.1 Å². The zero-order chi connectivity index (χ0) is 10.1. The molecule has 0 bridgehead atoms. The van der Waals surface area contributed by atoms with Crippen LogP contribution in [0, 0.1) is 12.7 Å². The van der Waals surface area contributed by atoms with Crippen LogP contribution in [0.5, 0.6) is 0 Å². The van der Waals surface area contributed by atoms with Crippen LogP contribution in [0.3, 0.4) is 0 Å². The van der Waals surface area contributed by atoms with Gasteiger partial charge >= 0.3 is 0 Å². The third-order valence-corrected chi connectivity index (χ3v) is 1.90. The largest absolute Gasteiger partial charge is 0.255 e. The summed E-state index contributed by atoms with van der Waals surface area (Å²) in [5, 5.41) is 4.10. The van der Waals surface area contributed by atoms with Crippen LogP contribution < -0.4 is 0 Å². The van der Waals surface area contributed by atoms with Crippen molar-refractivity contribution in [1.29, 1.82) is 0 Å². The fraction of sp³-hybridized carbons (Fsp3) is 0.200. The molecule has 2 aromatic rings. The Morgan fingerprint density at radius 3 is 2.64 bits per heavy atom. The molecular formula is C10H10FN3. The maximum absolute atomic E-state index is 13.1. The Morgan fingerprint density at radius 2 is 2.07 bits per heavy atom. The van der Waals surface area contributed by atoms with Gasteiger partial charge in [0.2, 0.25) is 0 Å². The zero-order valence-corrected chi connectivity index (χ0v) is 8.03. The molecule has 0 aliphatic rings. The van der Waals surface area contributed by atoms with E-state index in [1.165, 1.54) is 12.1 Å². The summed E-state index contributed by atoms with van der Waals surface area (Å²) in [5.41, 5.74) is 1.58. The maximum Gasteiger partial charge on any atom is 0.181 e. The molecule has 1 aromatic heterocycles. The number of hydrogen-bond acceptors (Lipinski definition) is 2. The second kappa shape index (κ2) is 3.21. The third-order valence-electron chi connectivity index (χ3n) is 1.90. The van der Waals surface area contributed by atoms with Crippen molar-refractivity contribution in [2.75, 3.05) is 0 Å². The number of nitrogens with zero attached hydrogens (tertiary/aromatic N) is 3. The summed E-state index contributed by atoms with van der Waals surface area (Å²) in [5.74, 6) is 0.294. The summed E-state index contributed by atoms with van der Waals surface area (Å²) in [6.07, 6.45) is 1.59. The van der Waals surface area contributed by atoms with Gasteiger partial charge in [-0.15, -0.1) is 0 Å². The lowest BCUT2D eigenvalue weighted by Crippen LogP contribution is -1.89. The first-order valence-corrected chi connectivity index (χ1v) is 4.28. The second-order valence-electron chi connectivity index (χ2n) is 3.26. The topological polar surface area (TPSA) is 30.7 Å². The molecule has 0 saturated carbocycles. The van der Waals surface area contributed by atoms with E-state index in [1.807, 2.05) is 13.0 Å². The van der Waals surface area contributed by atoms with E-state index < -0.39 is 0 Å². The van der Waals surface area contributed by atoms with Gasteiger partial charge in [0.25, 0.3) is 0 Å². The molecule has 0 N–H and O–H groups in total. The van der Waals surface area contributed by atoms with E-state index in [2.05, 4.69) is 10.1 Å². The highest BCUT2D eigenvalue weighted by Gasteiger charge is 2.04. The van der Waals surface area contributed by atoms with Gasteiger partial charge in [-0.3, -0.25) is 4.68 Å². The van der Waals surface area contributed by atoms with Gasteiger partial charge in [-0.2, -0.15) is 5.10 Å². The average molecular weight is 191 g/mol. The molecule has 2 rings (SSSR count). The fourth-order valence-electron chi connectivity index (χ4n) is 1.34. The lowest BCUT2D eigenvalue weighted by Gasteiger charge is -1.98. The van der Waals surface area contributed by atoms with Gasteiger partial charge in [0.05, 0.1) is 0 Å². The monoisotopic (exact) mass is 191 g/mol. The van der Waals surface area contributed by atoms with Gasteiger partial charge in [0.15, 0.2) is 5.82 Å². The highest BCUT2D eigenvalue weighted by Crippen LogP contribution is 2.17. The number of halogens is 1. The van der Waals surface area contributed by atoms with Crippen LogP contribution in [-0.4, -0.2) is 14.8 Å². The lowest BCUT2D eigenvalue weighted by atomic mass is 10.1. The van der Waals surface area contributed by atoms with E-state index in [0.29, 0.717) is 11.4 Å². The van der Waals surface area contributed by atoms with Crippen molar-refractivity contribution in [2.24, 2.45) is 7.05 Å². The first-order valence-electron chi connectivity index (χ1n) is 4.28. The molecule has 0 unspecified atom stereocenters. The minimum atomic E-state index is -0.257. The maximum atomic E-state index is 13.1. The average Bonchev–Trinajstić information content (AvgIpc) is 2.50. The van der Waals surface area contributed by atoms with E-state index in [0.717, 1.165) is 5.56 Å². The van der Waals surface area contributed by atoms with Crippen molar-refractivity contribution < 1.29 is 4.39 Å². The summed E-state index contributed by atoms with van der Waals surface area (Å²) in [6.45, 7) is 1.84. The third kappa shape index (κ3) is 1.64. The summed E-state index contributed by atoms with van der Waals surface area (Å²) < 4.78 is 14.7. The minimum absolute atomic E-state index is 0.257. The number of hydrogen-bond donors (Lipinski definition) is 0. The van der Waals surface area contributed by atoms with Crippen LogP contribution in [-0.2, 0) is 7.05 Å². The predicted molar refractivity (Wildman–Crippen MR) is 51.1 cm³/mol. The molecule has 0 saturated heterocycles. The Hall–Kier alpha value is -1.71. The molecule has 1 aromatic carbocycles. The first-order chi connectivity index (χ1) is 6.65. The predicted octanol–water partition coefficient (Wildman–Crippen LogP) is 1.93. The molecule has 0 amide bonds. The van der Waals surface area contributed by atoms with E-state index in [1.54, 1.807) is 18.1 Å². The quantitative estimate of drug-likeness (QED) is 0.689. The summed E-state index contributed by atoms with van der Waals surface area (Å²) in [6, 6.07) is 4.77. The minimum Gasteiger partial charge on any atom is -0.255 e. The Balaban J connectivity index is 2.51. The van der Waals surface area contributed by atoms with Crippen LogP contribution >= 0.6 is 0 Å². The van der Waals surface area contributed by atoms with Crippen molar-refractivity contribution in [2.45, 2.75) is 6.92 Å². The molecule has 0 spiro atoms. The van der Waals surface area contributed by atoms with Crippen LogP contribution in [0.25, 0.3) is 11.4 Å². The summed E-state index contributed by atoms with van der Waals surface area (Å²) >= 11 is 0. The molecule has 72 valence electrons. The Morgan fingerprint density at radius 1 is 1.29 bits per heavy atom.